The van der Waals surface area contributed by atoms with Gasteiger partial charge in [-0.1, -0.05) is 17.7 Å². The zero-order valence-corrected chi connectivity index (χ0v) is 14.7. The SMILES string of the molecule is Cc1ccc(NC(=O)CNC(=O)c2cc(Cl)ccn2)cc1S(N)(=O)=O. The molecule has 0 atom stereocenters. The Morgan fingerprint density at radius 3 is 2.60 bits per heavy atom. The Hall–Kier alpha value is -2.49. The molecule has 2 rings (SSSR count). The molecule has 0 saturated heterocycles. The molecule has 4 N–H and O–H groups in total. The van der Waals surface area contributed by atoms with Gasteiger partial charge in [0.2, 0.25) is 15.9 Å². The second kappa shape index (κ2) is 7.60. The first-order valence-electron chi connectivity index (χ1n) is 7.00. The molecular weight excluding hydrogens is 368 g/mol. The lowest BCUT2D eigenvalue weighted by Crippen LogP contribution is -2.33. The fourth-order valence-corrected chi connectivity index (χ4v) is 2.94. The molecule has 0 aliphatic heterocycles. The molecular formula is C15H15ClN4O4S. The topological polar surface area (TPSA) is 131 Å². The summed E-state index contributed by atoms with van der Waals surface area (Å²) in [5, 5.41) is 10.3. The van der Waals surface area contributed by atoms with E-state index in [9.17, 15) is 18.0 Å². The fourth-order valence-electron chi connectivity index (χ4n) is 1.97. The Labute approximate surface area is 149 Å². The van der Waals surface area contributed by atoms with Gasteiger partial charge in [0, 0.05) is 16.9 Å². The van der Waals surface area contributed by atoms with E-state index >= 15 is 0 Å². The van der Waals surface area contributed by atoms with Crippen LogP contribution in [-0.2, 0) is 14.8 Å². The number of aryl methyl sites for hydroxylation is 1. The van der Waals surface area contributed by atoms with Crippen LogP contribution in [0.5, 0.6) is 0 Å². The van der Waals surface area contributed by atoms with Gasteiger partial charge in [0.15, 0.2) is 0 Å². The number of carbonyl (C=O) groups is 2. The third-order valence-corrected chi connectivity index (χ3v) is 4.43. The van der Waals surface area contributed by atoms with Crippen LogP contribution in [0.4, 0.5) is 5.69 Å². The Bertz CT molecular complexity index is 931. The summed E-state index contributed by atoms with van der Waals surface area (Å²) in [6.07, 6.45) is 1.37. The Morgan fingerprint density at radius 2 is 1.96 bits per heavy atom. The minimum Gasteiger partial charge on any atom is -0.342 e. The molecule has 0 radical (unpaired) electrons. The Morgan fingerprint density at radius 1 is 1.24 bits per heavy atom. The first-order valence-corrected chi connectivity index (χ1v) is 8.92. The lowest BCUT2D eigenvalue weighted by molar-refractivity contribution is -0.115. The molecule has 8 nitrogen and oxygen atoms in total. The van der Waals surface area contributed by atoms with E-state index in [4.69, 9.17) is 16.7 Å². The highest BCUT2D eigenvalue weighted by Crippen LogP contribution is 2.18. The maximum Gasteiger partial charge on any atom is 0.270 e. The van der Waals surface area contributed by atoms with Gasteiger partial charge in [-0.3, -0.25) is 14.6 Å². The van der Waals surface area contributed by atoms with Crippen molar-refractivity contribution < 1.29 is 18.0 Å². The number of primary sulfonamides is 1. The number of sulfonamides is 1. The molecule has 2 aromatic rings. The van der Waals surface area contributed by atoms with Gasteiger partial charge in [0.1, 0.15) is 5.69 Å². The van der Waals surface area contributed by atoms with Crippen molar-refractivity contribution in [3.8, 4) is 0 Å². The smallest absolute Gasteiger partial charge is 0.270 e. The van der Waals surface area contributed by atoms with Crippen LogP contribution in [0.15, 0.2) is 41.4 Å². The lowest BCUT2D eigenvalue weighted by Gasteiger charge is -2.09. The number of nitrogens with zero attached hydrogens (tertiary/aromatic N) is 1. The molecule has 2 amide bonds. The molecule has 0 bridgehead atoms. The zero-order valence-electron chi connectivity index (χ0n) is 13.1. The highest BCUT2D eigenvalue weighted by atomic mass is 35.5. The van der Waals surface area contributed by atoms with E-state index in [1.807, 2.05) is 0 Å². The van der Waals surface area contributed by atoms with Crippen molar-refractivity contribution in [3.05, 3.63) is 52.8 Å². The van der Waals surface area contributed by atoms with Crippen molar-refractivity contribution in [1.82, 2.24) is 10.3 Å². The van der Waals surface area contributed by atoms with Crippen LogP contribution in [0.25, 0.3) is 0 Å². The largest absolute Gasteiger partial charge is 0.342 e. The predicted molar refractivity (Wildman–Crippen MR) is 92.8 cm³/mol. The second-order valence-corrected chi connectivity index (χ2v) is 7.08. The molecule has 1 aromatic heterocycles. The number of aromatic nitrogens is 1. The number of anilines is 1. The van der Waals surface area contributed by atoms with Crippen molar-refractivity contribution >= 4 is 39.1 Å². The quantitative estimate of drug-likeness (QED) is 0.711. The number of hydrogen-bond donors (Lipinski definition) is 3. The number of halogens is 1. The Kier molecular flexibility index (Phi) is 5.73. The van der Waals surface area contributed by atoms with Gasteiger partial charge < -0.3 is 10.6 Å². The van der Waals surface area contributed by atoms with Crippen molar-refractivity contribution in [3.63, 3.8) is 0 Å². The normalized spacial score (nSPS) is 11.0. The average molecular weight is 383 g/mol. The van der Waals surface area contributed by atoms with Crippen LogP contribution in [-0.4, -0.2) is 31.8 Å². The van der Waals surface area contributed by atoms with Gasteiger partial charge in [0.25, 0.3) is 5.91 Å². The number of nitrogens with two attached hydrogens (primary N) is 1. The second-order valence-electron chi connectivity index (χ2n) is 5.12. The van der Waals surface area contributed by atoms with E-state index in [0.717, 1.165) is 0 Å². The molecule has 132 valence electrons. The summed E-state index contributed by atoms with van der Waals surface area (Å²) in [5.74, 6) is -1.11. The van der Waals surface area contributed by atoms with Crippen molar-refractivity contribution in [1.29, 1.82) is 0 Å². The Balaban J connectivity index is 2.00. The first kappa shape index (κ1) is 18.8. The molecule has 0 aliphatic rings. The highest BCUT2D eigenvalue weighted by Gasteiger charge is 2.14. The van der Waals surface area contributed by atoms with Gasteiger partial charge in [-0.15, -0.1) is 0 Å². The van der Waals surface area contributed by atoms with E-state index in [0.29, 0.717) is 10.6 Å². The molecule has 10 heteroatoms. The number of pyridine rings is 1. The van der Waals surface area contributed by atoms with Crippen LogP contribution in [0.3, 0.4) is 0 Å². The van der Waals surface area contributed by atoms with Crippen molar-refractivity contribution in [2.45, 2.75) is 11.8 Å². The average Bonchev–Trinajstić information content (AvgIpc) is 2.53. The van der Waals surface area contributed by atoms with Crippen LogP contribution in [0.2, 0.25) is 5.02 Å². The minimum atomic E-state index is -3.90. The molecule has 0 saturated carbocycles. The standard InChI is InChI=1S/C15H15ClN4O4S/c1-9-2-3-11(7-13(9)25(17,23)24)20-14(21)8-19-15(22)12-6-10(16)4-5-18-12/h2-7H,8H2,1H3,(H,19,22)(H,20,21)(H2,17,23,24). The van der Waals surface area contributed by atoms with Gasteiger partial charge in [-0.25, -0.2) is 13.6 Å². The molecule has 1 aromatic carbocycles. The first-order chi connectivity index (χ1) is 11.7. The van der Waals surface area contributed by atoms with Gasteiger partial charge >= 0.3 is 0 Å². The van der Waals surface area contributed by atoms with E-state index in [2.05, 4.69) is 15.6 Å². The number of benzene rings is 1. The maximum atomic E-state index is 11.9. The summed E-state index contributed by atoms with van der Waals surface area (Å²) in [5.41, 5.74) is 0.780. The molecule has 0 aliphatic carbocycles. The number of carbonyl (C=O) groups excluding carboxylic acids is 2. The van der Waals surface area contributed by atoms with Gasteiger partial charge in [-0.2, -0.15) is 0 Å². The summed E-state index contributed by atoms with van der Waals surface area (Å²) >= 11 is 5.76. The number of nitrogens with one attached hydrogen (secondary N) is 2. The summed E-state index contributed by atoms with van der Waals surface area (Å²) in [4.78, 5) is 27.5. The lowest BCUT2D eigenvalue weighted by atomic mass is 10.2. The summed E-state index contributed by atoms with van der Waals surface area (Å²) in [6.45, 7) is 1.26. The number of hydrogen-bond acceptors (Lipinski definition) is 5. The molecule has 0 fully saturated rings. The summed E-state index contributed by atoms with van der Waals surface area (Å²) in [6, 6.07) is 7.19. The minimum absolute atomic E-state index is 0.0761. The summed E-state index contributed by atoms with van der Waals surface area (Å²) in [7, 11) is -3.90. The third kappa shape index (κ3) is 5.24. The third-order valence-electron chi connectivity index (χ3n) is 3.14. The summed E-state index contributed by atoms with van der Waals surface area (Å²) < 4.78 is 23.0. The predicted octanol–water partition coefficient (Wildman–Crippen LogP) is 1.06. The molecule has 0 spiro atoms. The molecule has 25 heavy (non-hydrogen) atoms. The molecule has 1 heterocycles. The van der Waals surface area contributed by atoms with Crippen molar-refractivity contribution in [2.24, 2.45) is 5.14 Å². The number of amides is 2. The van der Waals surface area contributed by atoms with Gasteiger partial charge in [0.05, 0.1) is 11.4 Å². The van der Waals surface area contributed by atoms with E-state index in [-0.39, 0.29) is 22.8 Å². The highest BCUT2D eigenvalue weighted by molar-refractivity contribution is 7.89. The van der Waals surface area contributed by atoms with Crippen LogP contribution >= 0.6 is 11.6 Å². The van der Waals surface area contributed by atoms with E-state index in [1.54, 1.807) is 6.92 Å². The van der Waals surface area contributed by atoms with Crippen LogP contribution < -0.4 is 15.8 Å². The monoisotopic (exact) mass is 382 g/mol. The zero-order chi connectivity index (χ0) is 18.6. The van der Waals surface area contributed by atoms with E-state index in [1.165, 1.54) is 36.5 Å². The van der Waals surface area contributed by atoms with Crippen molar-refractivity contribution in [2.75, 3.05) is 11.9 Å². The van der Waals surface area contributed by atoms with Crippen LogP contribution in [0.1, 0.15) is 16.1 Å². The molecule has 0 unspecified atom stereocenters. The number of rotatable bonds is 5. The van der Waals surface area contributed by atoms with Crippen LogP contribution in [0, 0.1) is 6.92 Å². The maximum absolute atomic E-state index is 11.9. The van der Waals surface area contributed by atoms with E-state index < -0.39 is 21.8 Å². The van der Waals surface area contributed by atoms with Gasteiger partial charge in [-0.05, 0) is 36.8 Å². The fraction of sp³-hybridized carbons (Fsp3) is 0.133.